The smallest absolute Gasteiger partial charge is 0.0664 e. The lowest BCUT2D eigenvalue weighted by molar-refractivity contribution is 0.0854. The summed E-state index contributed by atoms with van der Waals surface area (Å²) in [5.41, 5.74) is 0. The fourth-order valence-corrected chi connectivity index (χ4v) is 2.28. The Morgan fingerprint density at radius 1 is 1.47 bits per heavy atom. The Balaban J connectivity index is 2.35. The molecule has 2 atom stereocenters. The molecule has 0 aliphatic carbocycles. The molecule has 3 nitrogen and oxygen atoms in total. The van der Waals surface area contributed by atoms with Gasteiger partial charge in [0.05, 0.1) is 12.7 Å². The van der Waals surface area contributed by atoms with Crippen LogP contribution in [-0.4, -0.2) is 49.5 Å². The van der Waals surface area contributed by atoms with Crippen LogP contribution in [0.1, 0.15) is 32.6 Å². The first-order valence-electron chi connectivity index (χ1n) is 6.15. The minimum atomic E-state index is -0.161. The van der Waals surface area contributed by atoms with E-state index in [1.54, 1.807) is 7.11 Å². The zero-order valence-corrected chi connectivity index (χ0v) is 10.1. The maximum absolute atomic E-state index is 9.65. The molecular formula is C12H25NO2. The van der Waals surface area contributed by atoms with Crippen molar-refractivity contribution in [3.8, 4) is 0 Å². The zero-order chi connectivity index (χ0) is 11.1. The van der Waals surface area contributed by atoms with Crippen molar-refractivity contribution in [1.29, 1.82) is 0 Å². The summed E-state index contributed by atoms with van der Waals surface area (Å²) in [4.78, 5) is 2.39. The molecule has 90 valence electrons. The van der Waals surface area contributed by atoms with Gasteiger partial charge in [-0.15, -0.1) is 0 Å². The largest absolute Gasteiger partial charge is 0.392 e. The predicted octanol–water partition coefficient (Wildman–Crippen LogP) is 1.51. The molecule has 1 N–H and O–H groups in total. The summed E-state index contributed by atoms with van der Waals surface area (Å²) in [5.74, 6) is 0.654. The second-order valence-corrected chi connectivity index (χ2v) is 4.64. The van der Waals surface area contributed by atoms with Gasteiger partial charge in [-0.25, -0.2) is 0 Å². The lowest BCUT2D eigenvalue weighted by Gasteiger charge is -2.25. The number of β-amino-alcohol motifs (C(OH)–C–C–N with tert-alkyl or cyclic N) is 1. The summed E-state index contributed by atoms with van der Waals surface area (Å²) < 4.78 is 5.23. The van der Waals surface area contributed by atoms with E-state index in [1.807, 2.05) is 6.92 Å². The van der Waals surface area contributed by atoms with Gasteiger partial charge >= 0.3 is 0 Å². The van der Waals surface area contributed by atoms with Gasteiger partial charge in [0, 0.05) is 20.2 Å². The first-order chi connectivity index (χ1) is 7.26. The molecule has 1 fully saturated rings. The zero-order valence-electron chi connectivity index (χ0n) is 10.1. The molecule has 0 amide bonds. The van der Waals surface area contributed by atoms with Gasteiger partial charge < -0.3 is 14.7 Å². The molecule has 1 heterocycles. The topological polar surface area (TPSA) is 32.7 Å². The van der Waals surface area contributed by atoms with Crippen LogP contribution < -0.4 is 0 Å². The number of rotatable bonds is 5. The summed E-state index contributed by atoms with van der Waals surface area (Å²) >= 11 is 0. The lowest BCUT2D eigenvalue weighted by Crippen LogP contribution is -2.36. The molecule has 3 heteroatoms. The Hall–Kier alpha value is -0.120. The fourth-order valence-electron chi connectivity index (χ4n) is 2.28. The second-order valence-electron chi connectivity index (χ2n) is 4.64. The van der Waals surface area contributed by atoms with E-state index in [0.717, 1.165) is 32.7 Å². The minimum Gasteiger partial charge on any atom is -0.392 e. The molecule has 1 aliphatic heterocycles. The van der Waals surface area contributed by atoms with Crippen LogP contribution in [0.4, 0.5) is 0 Å². The quantitative estimate of drug-likeness (QED) is 0.754. The number of hydrogen-bond donors (Lipinski definition) is 1. The number of likely N-dealkylation sites (tertiary alicyclic amines) is 1. The molecule has 1 rings (SSSR count). The Kier molecular flexibility index (Phi) is 6.22. The summed E-state index contributed by atoms with van der Waals surface area (Å²) in [6.07, 6.45) is 4.52. The van der Waals surface area contributed by atoms with Gasteiger partial charge in [0.25, 0.3) is 0 Å². The van der Waals surface area contributed by atoms with Gasteiger partial charge in [-0.2, -0.15) is 0 Å². The van der Waals surface area contributed by atoms with Crippen LogP contribution >= 0.6 is 0 Å². The summed E-state index contributed by atoms with van der Waals surface area (Å²) in [5, 5.41) is 9.65. The van der Waals surface area contributed by atoms with E-state index < -0.39 is 0 Å². The van der Waals surface area contributed by atoms with Gasteiger partial charge in [0.2, 0.25) is 0 Å². The van der Waals surface area contributed by atoms with Gasteiger partial charge in [0.15, 0.2) is 0 Å². The maximum Gasteiger partial charge on any atom is 0.0664 e. The summed E-state index contributed by atoms with van der Waals surface area (Å²) in [6, 6.07) is 0. The van der Waals surface area contributed by atoms with E-state index in [0.29, 0.717) is 5.92 Å². The van der Waals surface area contributed by atoms with E-state index in [2.05, 4.69) is 4.90 Å². The molecule has 0 bridgehead atoms. The SMILES string of the molecule is CC[C@H](O)CN1CCCC[C@H](COC)C1. The Morgan fingerprint density at radius 2 is 2.27 bits per heavy atom. The van der Waals surface area contributed by atoms with Gasteiger partial charge in [0.1, 0.15) is 0 Å². The van der Waals surface area contributed by atoms with Crippen LogP contribution in [0.5, 0.6) is 0 Å². The molecular weight excluding hydrogens is 190 g/mol. The van der Waals surface area contributed by atoms with Crippen molar-refractivity contribution < 1.29 is 9.84 Å². The fraction of sp³-hybridized carbons (Fsp3) is 1.00. The number of ether oxygens (including phenoxy) is 1. The second kappa shape index (κ2) is 7.20. The third-order valence-electron chi connectivity index (χ3n) is 3.20. The molecule has 1 aliphatic rings. The third kappa shape index (κ3) is 4.96. The third-order valence-corrected chi connectivity index (χ3v) is 3.20. The highest BCUT2D eigenvalue weighted by Gasteiger charge is 2.19. The molecule has 0 saturated carbocycles. The van der Waals surface area contributed by atoms with Crippen LogP contribution in [0, 0.1) is 5.92 Å². The lowest BCUT2D eigenvalue weighted by atomic mass is 10.0. The van der Waals surface area contributed by atoms with Gasteiger partial charge in [-0.3, -0.25) is 0 Å². The highest BCUT2D eigenvalue weighted by Crippen LogP contribution is 2.17. The normalized spacial score (nSPS) is 26.2. The van der Waals surface area contributed by atoms with Crippen molar-refractivity contribution in [2.24, 2.45) is 5.92 Å². The molecule has 0 aromatic heterocycles. The minimum absolute atomic E-state index is 0.161. The predicted molar refractivity (Wildman–Crippen MR) is 62.0 cm³/mol. The molecule has 0 radical (unpaired) electrons. The first-order valence-corrected chi connectivity index (χ1v) is 6.15. The molecule has 15 heavy (non-hydrogen) atoms. The van der Waals surface area contributed by atoms with Crippen LogP contribution in [0.3, 0.4) is 0 Å². The van der Waals surface area contributed by atoms with Crippen LogP contribution in [0.25, 0.3) is 0 Å². The number of methoxy groups -OCH3 is 1. The van der Waals surface area contributed by atoms with Crippen molar-refractivity contribution in [2.45, 2.75) is 38.7 Å². The highest BCUT2D eigenvalue weighted by molar-refractivity contribution is 4.73. The summed E-state index contributed by atoms with van der Waals surface area (Å²) in [6.45, 7) is 5.95. The highest BCUT2D eigenvalue weighted by atomic mass is 16.5. The van der Waals surface area contributed by atoms with E-state index in [1.165, 1.54) is 19.3 Å². The molecule has 1 saturated heterocycles. The van der Waals surface area contributed by atoms with Crippen LogP contribution in [0.2, 0.25) is 0 Å². The number of aliphatic hydroxyl groups is 1. The van der Waals surface area contributed by atoms with Crippen LogP contribution in [-0.2, 0) is 4.74 Å². The van der Waals surface area contributed by atoms with E-state index in [-0.39, 0.29) is 6.10 Å². The first kappa shape index (κ1) is 12.9. The van der Waals surface area contributed by atoms with Crippen molar-refractivity contribution in [3.63, 3.8) is 0 Å². The number of hydrogen-bond acceptors (Lipinski definition) is 3. The van der Waals surface area contributed by atoms with Gasteiger partial charge in [-0.05, 0) is 31.7 Å². The Morgan fingerprint density at radius 3 is 2.93 bits per heavy atom. The van der Waals surface area contributed by atoms with E-state index in [4.69, 9.17) is 4.74 Å². The van der Waals surface area contributed by atoms with Crippen molar-refractivity contribution in [3.05, 3.63) is 0 Å². The van der Waals surface area contributed by atoms with Crippen molar-refractivity contribution in [1.82, 2.24) is 4.90 Å². The molecule has 0 aromatic carbocycles. The monoisotopic (exact) mass is 215 g/mol. The Bertz CT molecular complexity index is 164. The standard InChI is InChI=1S/C12H25NO2/c1-3-12(14)9-13-7-5-4-6-11(8-13)10-15-2/h11-12,14H,3-10H2,1-2H3/t11-,12-/m0/s1. The maximum atomic E-state index is 9.65. The summed E-state index contributed by atoms with van der Waals surface area (Å²) in [7, 11) is 1.77. The average Bonchev–Trinajstić information content (AvgIpc) is 2.44. The van der Waals surface area contributed by atoms with Crippen LogP contribution in [0.15, 0.2) is 0 Å². The average molecular weight is 215 g/mol. The molecule has 0 aromatic rings. The molecule has 0 spiro atoms. The van der Waals surface area contributed by atoms with Crippen molar-refractivity contribution in [2.75, 3.05) is 33.4 Å². The number of nitrogens with zero attached hydrogens (tertiary/aromatic N) is 1. The van der Waals surface area contributed by atoms with E-state index in [9.17, 15) is 5.11 Å². The van der Waals surface area contributed by atoms with Crippen molar-refractivity contribution >= 4 is 0 Å². The van der Waals surface area contributed by atoms with E-state index >= 15 is 0 Å². The molecule has 0 unspecified atom stereocenters. The number of aliphatic hydroxyl groups excluding tert-OH is 1. The Labute approximate surface area is 93.4 Å². The van der Waals surface area contributed by atoms with Gasteiger partial charge in [-0.1, -0.05) is 13.3 Å².